The third kappa shape index (κ3) is 3.00. The first-order valence-corrected chi connectivity index (χ1v) is 4.98. The number of rotatable bonds is 6. The van der Waals surface area contributed by atoms with Gasteiger partial charge in [-0.25, -0.2) is 4.98 Å². The number of hydrogen-bond donors (Lipinski definition) is 1. The van der Waals surface area contributed by atoms with Crippen molar-refractivity contribution in [3.8, 4) is 5.88 Å². The van der Waals surface area contributed by atoms with Crippen molar-refractivity contribution in [1.29, 1.82) is 0 Å². The molecule has 0 atom stereocenters. The highest BCUT2D eigenvalue weighted by Crippen LogP contribution is 2.31. The molecule has 1 aromatic heterocycles. The molecule has 8 nitrogen and oxygen atoms in total. The molecule has 0 bridgehead atoms. The number of methoxy groups -OCH3 is 1. The maximum atomic E-state index is 10.9. The third-order valence-corrected chi connectivity index (χ3v) is 1.87. The molecule has 0 saturated heterocycles. The number of nitrogens with zero attached hydrogens (tertiary/aromatic N) is 3. The van der Waals surface area contributed by atoms with Crippen molar-refractivity contribution < 1.29 is 14.4 Å². The van der Waals surface area contributed by atoms with Gasteiger partial charge in [-0.15, -0.1) is 0 Å². The lowest BCUT2D eigenvalue weighted by molar-refractivity contribution is -0.385. The van der Waals surface area contributed by atoms with Crippen LogP contribution in [0.3, 0.4) is 0 Å². The zero-order chi connectivity index (χ0) is 12.8. The van der Waals surface area contributed by atoms with Crippen molar-refractivity contribution >= 4 is 11.5 Å². The Morgan fingerprint density at radius 1 is 1.47 bits per heavy atom. The van der Waals surface area contributed by atoms with Gasteiger partial charge in [0.15, 0.2) is 5.82 Å². The molecular formula is C9H14N4O4. The fourth-order valence-electron chi connectivity index (χ4n) is 1.25. The summed E-state index contributed by atoms with van der Waals surface area (Å²) in [6.07, 6.45) is 0. The summed E-state index contributed by atoms with van der Waals surface area (Å²) < 4.78 is 10.0. The standard InChI is InChI=1S/C9H14N4O4/c1-4-17-9-7(13(14)15)8(10-2)11-6(12-9)5-16-3/h4-5H2,1-3H3,(H,10,11,12). The number of nitro groups is 1. The Bertz CT molecular complexity index is 410. The van der Waals surface area contributed by atoms with Gasteiger partial charge in [-0.3, -0.25) is 10.1 Å². The lowest BCUT2D eigenvalue weighted by atomic mass is 10.4. The molecule has 0 fully saturated rings. The molecule has 0 aliphatic heterocycles. The smallest absolute Gasteiger partial charge is 0.372 e. The van der Waals surface area contributed by atoms with Gasteiger partial charge in [0, 0.05) is 14.2 Å². The van der Waals surface area contributed by atoms with Crippen molar-refractivity contribution in [3.63, 3.8) is 0 Å². The van der Waals surface area contributed by atoms with Gasteiger partial charge < -0.3 is 14.8 Å². The molecule has 1 heterocycles. The highest BCUT2D eigenvalue weighted by molar-refractivity contribution is 5.61. The Kier molecular flexibility index (Phi) is 4.58. The van der Waals surface area contributed by atoms with E-state index in [1.165, 1.54) is 7.11 Å². The highest BCUT2D eigenvalue weighted by Gasteiger charge is 2.25. The Morgan fingerprint density at radius 2 is 2.18 bits per heavy atom. The lowest BCUT2D eigenvalue weighted by Crippen LogP contribution is -2.09. The summed E-state index contributed by atoms with van der Waals surface area (Å²) in [5.74, 6) is 0.385. The van der Waals surface area contributed by atoms with Crippen molar-refractivity contribution in [2.75, 3.05) is 26.1 Å². The second kappa shape index (κ2) is 5.94. The molecule has 0 saturated carbocycles. The lowest BCUT2D eigenvalue weighted by Gasteiger charge is -2.08. The summed E-state index contributed by atoms with van der Waals surface area (Å²) in [7, 11) is 3.03. The van der Waals surface area contributed by atoms with E-state index in [1.807, 2.05) is 0 Å². The normalized spacial score (nSPS) is 10.1. The topological polar surface area (TPSA) is 99.4 Å². The van der Waals surface area contributed by atoms with Crippen LogP contribution in [-0.4, -0.2) is 35.7 Å². The second-order valence-electron chi connectivity index (χ2n) is 3.02. The van der Waals surface area contributed by atoms with Crippen molar-refractivity contribution in [2.45, 2.75) is 13.5 Å². The summed E-state index contributed by atoms with van der Waals surface area (Å²) in [6, 6.07) is 0. The van der Waals surface area contributed by atoms with Crippen molar-refractivity contribution in [1.82, 2.24) is 9.97 Å². The van der Waals surface area contributed by atoms with Gasteiger partial charge in [0.05, 0.1) is 11.5 Å². The fraction of sp³-hybridized carbons (Fsp3) is 0.556. The zero-order valence-corrected chi connectivity index (χ0v) is 9.89. The first kappa shape index (κ1) is 13.1. The van der Waals surface area contributed by atoms with E-state index < -0.39 is 4.92 Å². The van der Waals surface area contributed by atoms with E-state index in [-0.39, 0.29) is 30.6 Å². The predicted octanol–water partition coefficient (Wildman–Crippen LogP) is 0.972. The van der Waals surface area contributed by atoms with Crippen molar-refractivity contribution in [3.05, 3.63) is 15.9 Å². The first-order valence-electron chi connectivity index (χ1n) is 4.98. The third-order valence-electron chi connectivity index (χ3n) is 1.87. The Hall–Kier alpha value is -1.96. The molecule has 0 aliphatic carbocycles. The summed E-state index contributed by atoms with van der Waals surface area (Å²) in [4.78, 5) is 18.3. The van der Waals surface area contributed by atoms with Gasteiger partial charge in [-0.2, -0.15) is 4.98 Å². The van der Waals surface area contributed by atoms with Crippen LogP contribution in [0.2, 0.25) is 0 Å². The monoisotopic (exact) mass is 242 g/mol. The Balaban J connectivity index is 3.29. The maximum Gasteiger partial charge on any atom is 0.372 e. The molecule has 0 radical (unpaired) electrons. The van der Waals surface area contributed by atoms with Crippen LogP contribution in [0.5, 0.6) is 5.88 Å². The molecule has 1 rings (SSSR count). The average molecular weight is 242 g/mol. The largest absolute Gasteiger partial charge is 0.473 e. The van der Waals surface area contributed by atoms with Gasteiger partial charge in [0.25, 0.3) is 5.88 Å². The number of nitrogens with one attached hydrogen (secondary N) is 1. The van der Waals surface area contributed by atoms with E-state index in [1.54, 1.807) is 14.0 Å². The van der Waals surface area contributed by atoms with Crippen LogP contribution in [0.15, 0.2) is 0 Å². The van der Waals surface area contributed by atoms with Crippen molar-refractivity contribution in [2.24, 2.45) is 0 Å². The van der Waals surface area contributed by atoms with Crippen LogP contribution in [0.1, 0.15) is 12.7 Å². The van der Waals surface area contributed by atoms with Gasteiger partial charge in [0.2, 0.25) is 5.82 Å². The fourth-order valence-corrected chi connectivity index (χ4v) is 1.25. The molecule has 1 N–H and O–H groups in total. The molecular weight excluding hydrogens is 228 g/mol. The molecule has 0 spiro atoms. The van der Waals surface area contributed by atoms with E-state index in [2.05, 4.69) is 15.3 Å². The number of anilines is 1. The van der Waals surface area contributed by atoms with Crippen LogP contribution in [0.25, 0.3) is 0 Å². The molecule has 0 unspecified atom stereocenters. The molecule has 0 aliphatic rings. The van der Waals surface area contributed by atoms with Crippen LogP contribution in [-0.2, 0) is 11.3 Å². The van der Waals surface area contributed by atoms with E-state index in [0.717, 1.165) is 0 Å². The quantitative estimate of drug-likeness (QED) is 0.586. The minimum absolute atomic E-state index is 0.0519. The van der Waals surface area contributed by atoms with Crippen LogP contribution >= 0.6 is 0 Å². The maximum absolute atomic E-state index is 10.9. The highest BCUT2D eigenvalue weighted by atomic mass is 16.6. The van der Waals surface area contributed by atoms with E-state index >= 15 is 0 Å². The molecule has 0 aromatic carbocycles. The summed E-state index contributed by atoms with van der Waals surface area (Å²) >= 11 is 0. The van der Waals surface area contributed by atoms with E-state index in [9.17, 15) is 10.1 Å². The first-order chi connectivity index (χ1) is 8.13. The molecule has 17 heavy (non-hydrogen) atoms. The van der Waals surface area contributed by atoms with Gasteiger partial charge in [-0.05, 0) is 6.92 Å². The minimum atomic E-state index is -0.576. The number of aromatic nitrogens is 2. The van der Waals surface area contributed by atoms with Gasteiger partial charge in [-0.1, -0.05) is 0 Å². The van der Waals surface area contributed by atoms with Gasteiger partial charge in [0.1, 0.15) is 6.61 Å². The molecule has 1 aromatic rings. The summed E-state index contributed by atoms with van der Waals surface area (Å²) in [5, 5.41) is 13.6. The van der Waals surface area contributed by atoms with Crippen LogP contribution in [0, 0.1) is 10.1 Å². The average Bonchev–Trinajstić information content (AvgIpc) is 2.28. The number of ether oxygens (including phenoxy) is 2. The van der Waals surface area contributed by atoms with Crippen LogP contribution in [0.4, 0.5) is 11.5 Å². The summed E-state index contributed by atoms with van der Waals surface area (Å²) in [5.41, 5.74) is -0.269. The number of hydrogen-bond acceptors (Lipinski definition) is 7. The molecule has 0 amide bonds. The molecule has 8 heteroatoms. The molecule has 94 valence electrons. The van der Waals surface area contributed by atoms with E-state index in [4.69, 9.17) is 9.47 Å². The van der Waals surface area contributed by atoms with Crippen LogP contribution < -0.4 is 10.1 Å². The SMILES string of the molecule is CCOc1nc(COC)nc(NC)c1[N+](=O)[O-]. The predicted molar refractivity (Wildman–Crippen MR) is 60.1 cm³/mol. The van der Waals surface area contributed by atoms with Gasteiger partial charge >= 0.3 is 5.69 Å². The minimum Gasteiger partial charge on any atom is -0.473 e. The Morgan fingerprint density at radius 3 is 2.65 bits per heavy atom. The zero-order valence-electron chi connectivity index (χ0n) is 9.89. The Labute approximate surface area is 98.1 Å². The van der Waals surface area contributed by atoms with E-state index in [0.29, 0.717) is 5.82 Å². The second-order valence-corrected chi connectivity index (χ2v) is 3.02. The summed E-state index contributed by atoms with van der Waals surface area (Å²) in [6.45, 7) is 2.17.